The zero-order chi connectivity index (χ0) is 17.1. The smallest absolute Gasteiger partial charge is 0.225 e. The van der Waals surface area contributed by atoms with Gasteiger partial charge in [-0.3, -0.25) is 9.59 Å². The van der Waals surface area contributed by atoms with Crippen LogP contribution in [0.1, 0.15) is 65.7 Å². The van der Waals surface area contributed by atoms with Crippen LogP contribution in [-0.2, 0) is 9.59 Å². The molecule has 1 saturated carbocycles. The number of aliphatic hydroxyl groups is 1. The molecule has 2 amide bonds. The summed E-state index contributed by atoms with van der Waals surface area (Å²) in [6, 6.07) is 0. The quantitative estimate of drug-likeness (QED) is 0.832. The Morgan fingerprint density at radius 3 is 2.48 bits per heavy atom. The van der Waals surface area contributed by atoms with E-state index in [0.29, 0.717) is 19.0 Å². The maximum absolute atomic E-state index is 12.5. The van der Waals surface area contributed by atoms with Gasteiger partial charge in [0.25, 0.3) is 0 Å². The number of hydrogen-bond donors (Lipinski definition) is 2. The number of likely N-dealkylation sites (tertiary alicyclic amines) is 1. The Hall–Kier alpha value is -1.10. The summed E-state index contributed by atoms with van der Waals surface area (Å²) in [5.74, 6) is 0.444. The summed E-state index contributed by atoms with van der Waals surface area (Å²) >= 11 is 0. The minimum absolute atomic E-state index is 0.0567. The Labute approximate surface area is 139 Å². The zero-order valence-corrected chi connectivity index (χ0v) is 14.9. The van der Waals surface area contributed by atoms with Crippen molar-refractivity contribution in [2.24, 2.45) is 11.3 Å². The summed E-state index contributed by atoms with van der Waals surface area (Å²) in [5.41, 5.74) is -1.15. The van der Waals surface area contributed by atoms with Gasteiger partial charge in [-0.2, -0.15) is 0 Å². The maximum Gasteiger partial charge on any atom is 0.225 e. The average Bonchev–Trinajstić information content (AvgIpc) is 2.90. The van der Waals surface area contributed by atoms with Crippen molar-refractivity contribution in [3.8, 4) is 0 Å². The van der Waals surface area contributed by atoms with Gasteiger partial charge >= 0.3 is 0 Å². The van der Waals surface area contributed by atoms with E-state index in [0.717, 1.165) is 45.1 Å². The summed E-state index contributed by atoms with van der Waals surface area (Å²) in [5, 5.41) is 13.4. The predicted molar refractivity (Wildman–Crippen MR) is 89.8 cm³/mol. The minimum atomic E-state index is -0.773. The second kappa shape index (κ2) is 7.20. The SMILES string of the molecule is CC(C)(C)C(=O)NCC1CCCN(C(=O)CC2(O)CCCC2)C1. The molecule has 5 nitrogen and oxygen atoms in total. The molecule has 5 heteroatoms. The Morgan fingerprint density at radius 2 is 1.87 bits per heavy atom. The molecule has 1 unspecified atom stereocenters. The topological polar surface area (TPSA) is 69.6 Å². The van der Waals surface area contributed by atoms with E-state index in [4.69, 9.17) is 0 Å². The molecule has 2 aliphatic rings. The number of nitrogens with one attached hydrogen (secondary N) is 1. The number of amides is 2. The van der Waals surface area contributed by atoms with Crippen LogP contribution in [0.3, 0.4) is 0 Å². The highest BCUT2D eigenvalue weighted by molar-refractivity contribution is 5.81. The van der Waals surface area contributed by atoms with Crippen LogP contribution in [0.5, 0.6) is 0 Å². The van der Waals surface area contributed by atoms with E-state index in [1.54, 1.807) is 0 Å². The average molecular weight is 324 g/mol. The van der Waals surface area contributed by atoms with E-state index in [1.165, 1.54) is 0 Å². The maximum atomic E-state index is 12.5. The van der Waals surface area contributed by atoms with Crippen LogP contribution in [0.15, 0.2) is 0 Å². The number of piperidine rings is 1. The summed E-state index contributed by atoms with van der Waals surface area (Å²) in [6.45, 7) is 7.81. The Morgan fingerprint density at radius 1 is 1.22 bits per heavy atom. The highest BCUT2D eigenvalue weighted by Gasteiger charge is 2.36. The second-order valence-corrected chi connectivity index (χ2v) is 8.42. The molecule has 23 heavy (non-hydrogen) atoms. The minimum Gasteiger partial charge on any atom is -0.389 e. The highest BCUT2D eigenvalue weighted by Crippen LogP contribution is 2.33. The van der Waals surface area contributed by atoms with Crippen LogP contribution in [0.4, 0.5) is 0 Å². The number of hydrogen-bond acceptors (Lipinski definition) is 3. The summed E-state index contributed by atoms with van der Waals surface area (Å²) in [7, 11) is 0. The number of rotatable bonds is 4. The van der Waals surface area contributed by atoms with Gasteiger partial charge in [-0.25, -0.2) is 0 Å². The third-order valence-electron chi connectivity index (χ3n) is 5.12. The van der Waals surface area contributed by atoms with Gasteiger partial charge < -0.3 is 15.3 Å². The molecular formula is C18H32N2O3. The lowest BCUT2D eigenvalue weighted by Gasteiger charge is -2.35. The molecule has 1 atom stereocenters. The van der Waals surface area contributed by atoms with Crippen molar-refractivity contribution in [1.29, 1.82) is 0 Å². The van der Waals surface area contributed by atoms with E-state index in [-0.39, 0.29) is 23.7 Å². The second-order valence-electron chi connectivity index (χ2n) is 8.42. The van der Waals surface area contributed by atoms with Gasteiger partial charge in [0, 0.05) is 25.0 Å². The summed E-state index contributed by atoms with van der Waals surface area (Å²) in [6.07, 6.45) is 5.80. The van der Waals surface area contributed by atoms with E-state index < -0.39 is 5.60 Å². The first-order valence-electron chi connectivity index (χ1n) is 8.98. The molecule has 2 rings (SSSR count). The van der Waals surface area contributed by atoms with Crippen molar-refractivity contribution < 1.29 is 14.7 Å². The van der Waals surface area contributed by atoms with Crippen LogP contribution >= 0.6 is 0 Å². The Balaban J connectivity index is 1.81. The lowest BCUT2D eigenvalue weighted by molar-refractivity contribution is -0.138. The molecule has 2 fully saturated rings. The van der Waals surface area contributed by atoms with Crippen molar-refractivity contribution in [3.05, 3.63) is 0 Å². The fourth-order valence-electron chi connectivity index (χ4n) is 3.56. The van der Waals surface area contributed by atoms with Crippen LogP contribution in [0, 0.1) is 11.3 Å². The molecular weight excluding hydrogens is 292 g/mol. The molecule has 0 bridgehead atoms. The third kappa shape index (κ3) is 5.20. The van der Waals surface area contributed by atoms with Crippen molar-refractivity contribution in [3.63, 3.8) is 0 Å². The van der Waals surface area contributed by atoms with Gasteiger partial charge in [0.15, 0.2) is 0 Å². The zero-order valence-electron chi connectivity index (χ0n) is 14.9. The molecule has 0 aromatic rings. The van der Waals surface area contributed by atoms with Crippen LogP contribution in [-0.4, -0.2) is 47.1 Å². The lowest BCUT2D eigenvalue weighted by Crippen LogP contribution is -2.46. The predicted octanol–water partition coefficient (Wildman–Crippen LogP) is 2.08. The van der Waals surface area contributed by atoms with Crippen LogP contribution < -0.4 is 5.32 Å². The fourth-order valence-corrected chi connectivity index (χ4v) is 3.56. The molecule has 132 valence electrons. The van der Waals surface area contributed by atoms with Crippen molar-refractivity contribution in [2.75, 3.05) is 19.6 Å². The van der Waals surface area contributed by atoms with Gasteiger partial charge in [-0.15, -0.1) is 0 Å². The summed E-state index contributed by atoms with van der Waals surface area (Å²) < 4.78 is 0. The largest absolute Gasteiger partial charge is 0.389 e. The van der Waals surface area contributed by atoms with Crippen molar-refractivity contribution in [2.45, 2.75) is 71.3 Å². The first kappa shape index (κ1) is 18.2. The molecule has 1 aliphatic carbocycles. The normalized spacial score (nSPS) is 24.5. The van der Waals surface area contributed by atoms with Gasteiger partial charge in [-0.1, -0.05) is 33.6 Å². The summed E-state index contributed by atoms with van der Waals surface area (Å²) in [4.78, 5) is 26.3. The van der Waals surface area contributed by atoms with E-state index in [2.05, 4.69) is 5.32 Å². The number of carbonyl (C=O) groups excluding carboxylic acids is 2. The van der Waals surface area contributed by atoms with Crippen LogP contribution in [0.2, 0.25) is 0 Å². The monoisotopic (exact) mass is 324 g/mol. The fraction of sp³-hybridized carbons (Fsp3) is 0.889. The standard InChI is InChI=1S/C18H32N2O3/c1-17(2,3)16(22)19-12-14-7-6-10-20(13-14)15(21)11-18(23)8-4-5-9-18/h14,23H,4-13H2,1-3H3,(H,19,22). The molecule has 0 spiro atoms. The van der Waals surface area contributed by atoms with E-state index in [9.17, 15) is 14.7 Å². The van der Waals surface area contributed by atoms with E-state index >= 15 is 0 Å². The first-order valence-corrected chi connectivity index (χ1v) is 8.98. The van der Waals surface area contributed by atoms with Gasteiger partial charge in [0.1, 0.15) is 0 Å². The molecule has 1 saturated heterocycles. The molecule has 0 aromatic heterocycles. The van der Waals surface area contributed by atoms with Crippen molar-refractivity contribution in [1.82, 2.24) is 10.2 Å². The Kier molecular flexibility index (Phi) is 5.71. The Bertz CT molecular complexity index is 436. The first-order chi connectivity index (χ1) is 10.7. The number of carbonyl (C=O) groups is 2. The number of nitrogens with zero attached hydrogens (tertiary/aromatic N) is 1. The third-order valence-corrected chi connectivity index (χ3v) is 5.12. The highest BCUT2D eigenvalue weighted by atomic mass is 16.3. The lowest BCUT2D eigenvalue weighted by atomic mass is 9.93. The van der Waals surface area contributed by atoms with Gasteiger partial charge in [-0.05, 0) is 31.6 Å². The molecule has 0 aromatic carbocycles. The molecule has 1 heterocycles. The van der Waals surface area contributed by atoms with Gasteiger partial charge in [0.05, 0.1) is 12.0 Å². The van der Waals surface area contributed by atoms with Crippen LogP contribution in [0.25, 0.3) is 0 Å². The molecule has 0 radical (unpaired) electrons. The molecule has 2 N–H and O–H groups in total. The van der Waals surface area contributed by atoms with Gasteiger partial charge in [0.2, 0.25) is 11.8 Å². The molecule has 1 aliphatic heterocycles. The van der Waals surface area contributed by atoms with Crippen molar-refractivity contribution >= 4 is 11.8 Å². The van der Waals surface area contributed by atoms with E-state index in [1.807, 2.05) is 25.7 Å².